The average Bonchev–Trinajstić information content (AvgIpc) is 3.00. The first-order valence-electron chi connectivity index (χ1n) is 8.70. The number of hydrogen-bond acceptors (Lipinski definition) is 4. The lowest BCUT2D eigenvalue weighted by Crippen LogP contribution is -2.29. The van der Waals surface area contributed by atoms with E-state index in [-0.39, 0.29) is 11.3 Å². The number of Topliss-reactive ketones (excluding diaryl/α,β-unsaturated/α-hetero) is 1. The second-order valence-electron chi connectivity index (χ2n) is 6.43. The minimum atomic E-state index is -0.810. The molecule has 5 nitrogen and oxygen atoms in total. The molecule has 144 valence electrons. The molecule has 1 amide bonds. The van der Waals surface area contributed by atoms with Crippen LogP contribution in [-0.2, 0) is 9.59 Å². The number of aliphatic hydroxyl groups is 1. The molecule has 0 bridgehead atoms. The predicted molar refractivity (Wildman–Crippen MR) is 112 cm³/mol. The lowest BCUT2D eigenvalue weighted by atomic mass is 9.96. The maximum atomic E-state index is 12.9. The number of amides is 1. The smallest absolute Gasteiger partial charge is 0.300 e. The van der Waals surface area contributed by atoms with Gasteiger partial charge in [-0.3, -0.25) is 19.5 Å². The number of rotatable bonds is 3. The largest absolute Gasteiger partial charge is 0.507 e. The van der Waals surface area contributed by atoms with Crippen molar-refractivity contribution in [3.63, 3.8) is 0 Å². The Balaban J connectivity index is 1.93. The second kappa shape index (κ2) is 7.70. The van der Waals surface area contributed by atoms with E-state index >= 15 is 0 Å². The van der Waals surface area contributed by atoms with Crippen LogP contribution in [0.5, 0.6) is 0 Å². The highest BCUT2D eigenvalue weighted by Gasteiger charge is 2.46. The van der Waals surface area contributed by atoms with Gasteiger partial charge in [-0.2, -0.15) is 0 Å². The van der Waals surface area contributed by atoms with E-state index in [4.69, 9.17) is 23.2 Å². The summed E-state index contributed by atoms with van der Waals surface area (Å²) in [5.74, 6) is -1.77. The maximum absolute atomic E-state index is 12.9. The fraction of sp³-hybridized carbons (Fsp3) is 0.0455. The van der Waals surface area contributed by atoms with Crippen LogP contribution in [0.2, 0.25) is 10.0 Å². The van der Waals surface area contributed by atoms with E-state index < -0.39 is 17.7 Å². The molecule has 7 heteroatoms. The Kier molecular flexibility index (Phi) is 5.09. The summed E-state index contributed by atoms with van der Waals surface area (Å²) in [6.07, 6.45) is 3.14. The zero-order chi connectivity index (χ0) is 20.5. The summed E-state index contributed by atoms with van der Waals surface area (Å²) in [6, 6.07) is 15.6. The van der Waals surface area contributed by atoms with Gasteiger partial charge in [0.1, 0.15) is 5.76 Å². The van der Waals surface area contributed by atoms with Gasteiger partial charge < -0.3 is 5.11 Å². The van der Waals surface area contributed by atoms with Crippen LogP contribution in [0.3, 0.4) is 0 Å². The molecule has 3 aromatic rings. The van der Waals surface area contributed by atoms with E-state index in [1.54, 1.807) is 73.1 Å². The SMILES string of the molecule is O=C1C(=O)N(c2ccc(Cl)cc2)C(c2ccncc2)/C1=C(/O)c1ccc(Cl)cc1. The molecule has 1 atom stereocenters. The number of aromatic nitrogens is 1. The number of benzene rings is 2. The van der Waals surface area contributed by atoms with Crippen LogP contribution < -0.4 is 4.90 Å². The molecule has 2 aromatic carbocycles. The van der Waals surface area contributed by atoms with E-state index in [9.17, 15) is 14.7 Å². The first-order chi connectivity index (χ1) is 14.0. The standard InChI is InChI=1S/C22H14Cl2N2O3/c23-15-3-1-14(2-4-15)20(27)18-19(13-9-11-25-12-10-13)26(22(29)21(18)28)17-7-5-16(24)6-8-17/h1-12,19,27H/b20-18-. The number of pyridine rings is 1. The summed E-state index contributed by atoms with van der Waals surface area (Å²) in [6.45, 7) is 0. The predicted octanol–water partition coefficient (Wildman–Crippen LogP) is 5.01. The van der Waals surface area contributed by atoms with Crippen LogP contribution in [0.4, 0.5) is 5.69 Å². The molecule has 1 aromatic heterocycles. The van der Waals surface area contributed by atoms with Gasteiger partial charge in [-0.25, -0.2) is 0 Å². The Morgan fingerprint density at radius 3 is 2.00 bits per heavy atom. The fourth-order valence-electron chi connectivity index (χ4n) is 3.32. The van der Waals surface area contributed by atoms with Crippen molar-refractivity contribution < 1.29 is 14.7 Å². The van der Waals surface area contributed by atoms with Gasteiger partial charge in [0, 0.05) is 33.7 Å². The highest BCUT2D eigenvalue weighted by Crippen LogP contribution is 2.42. The fourth-order valence-corrected chi connectivity index (χ4v) is 3.58. The first-order valence-corrected chi connectivity index (χ1v) is 9.45. The van der Waals surface area contributed by atoms with Crippen molar-refractivity contribution in [2.75, 3.05) is 4.90 Å². The molecule has 1 saturated heterocycles. The molecule has 1 N–H and O–H groups in total. The van der Waals surface area contributed by atoms with Gasteiger partial charge in [0.2, 0.25) is 0 Å². The molecular formula is C22H14Cl2N2O3. The van der Waals surface area contributed by atoms with Crippen LogP contribution >= 0.6 is 23.2 Å². The molecule has 0 aliphatic carbocycles. The molecule has 4 rings (SSSR count). The van der Waals surface area contributed by atoms with Crippen molar-refractivity contribution in [2.24, 2.45) is 0 Å². The van der Waals surface area contributed by atoms with Gasteiger partial charge in [0.25, 0.3) is 11.7 Å². The molecule has 1 unspecified atom stereocenters. The summed E-state index contributed by atoms with van der Waals surface area (Å²) < 4.78 is 0. The lowest BCUT2D eigenvalue weighted by Gasteiger charge is -2.25. The highest BCUT2D eigenvalue weighted by molar-refractivity contribution is 6.51. The molecule has 1 fully saturated rings. The zero-order valence-electron chi connectivity index (χ0n) is 14.9. The van der Waals surface area contributed by atoms with Crippen LogP contribution in [0.25, 0.3) is 5.76 Å². The second-order valence-corrected chi connectivity index (χ2v) is 7.31. The van der Waals surface area contributed by atoms with Crippen LogP contribution in [0.15, 0.2) is 78.6 Å². The van der Waals surface area contributed by atoms with Crippen molar-refractivity contribution in [2.45, 2.75) is 6.04 Å². The molecule has 29 heavy (non-hydrogen) atoms. The van der Waals surface area contributed by atoms with Crippen LogP contribution in [0, 0.1) is 0 Å². The van der Waals surface area contributed by atoms with Crippen molar-refractivity contribution in [3.05, 3.63) is 99.8 Å². The van der Waals surface area contributed by atoms with Gasteiger partial charge in [-0.15, -0.1) is 0 Å². The van der Waals surface area contributed by atoms with Crippen molar-refractivity contribution in [1.29, 1.82) is 0 Å². The number of ketones is 1. The molecular weight excluding hydrogens is 411 g/mol. The first kappa shape index (κ1) is 19.2. The quantitative estimate of drug-likeness (QED) is 0.364. The van der Waals surface area contributed by atoms with E-state index in [2.05, 4.69) is 4.98 Å². The van der Waals surface area contributed by atoms with Crippen molar-refractivity contribution in [1.82, 2.24) is 4.98 Å². The summed E-state index contributed by atoms with van der Waals surface area (Å²) in [5.41, 5.74) is 1.53. The van der Waals surface area contributed by atoms with Crippen LogP contribution in [-0.4, -0.2) is 21.8 Å². The molecule has 1 aliphatic heterocycles. The average molecular weight is 425 g/mol. The number of nitrogens with zero attached hydrogens (tertiary/aromatic N) is 2. The number of anilines is 1. The molecule has 1 aliphatic rings. The number of aliphatic hydroxyl groups excluding tert-OH is 1. The summed E-state index contributed by atoms with van der Waals surface area (Å²) >= 11 is 11.9. The molecule has 2 heterocycles. The minimum absolute atomic E-state index is 0.00141. The van der Waals surface area contributed by atoms with E-state index in [0.29, 0.717) is 26.9 Å². The lowest BCUT2D eigenvalue weighted by molar-refractivity contribution is -0.132. The third kappa shape index (κ3) is 3.50. The number of carbonyl (C=O) groups is 2. The summed E-state index contributed by atoms with van der Waals surface area (Å²) in [5, 5.41) is 11.9. The van der Waals surface area contributed by atoms with Gasteiger partial charge in [0.05, 0.1) is 11.6 Å². The molecule has 0 radical (unpaired) electrons. The molecule has 0 spiro atoms. The van der Waals surface area contributed by atoms with Gasteiger partial charge >= 0.3 is 0 Å². The Morgan fingerprint density at radius 2 is 1.41 bits per heavy atom. The monoisotopic (exact) mass is 424 g/mol. The van der Waals surface area contributed by atoms with Crippen LogP contribution in [0.1, 0.15) is 17.2 Å². The Labute approximate surface area is 176 Å². The van der Waals surface area contributed by atoms with E-state index in [1.807, 2.05) is 0 Å². The summed E-state index contributed by atoms with van der Waals surface area (Å²) in [4.78, 5) is 31.2. The summed E-state index contributed by atoms with van der Waals surface area (Å²) in [7, 11) is 0. The maximum Gasteiger partial charge on any atom is 0.300 e. The zero-order valence-corrected chi connectivity index (χ0v) is 16.4. The topological polar surface area (TPSA) is 70.5 Å². The Morgan fingerprint density at radius 1 is 0.862 bits per heavy atom. The third-order valence-corrected chi connectivity index (χ3v) is 5.19. The molecule has 0 saturated carbocycles. The van der Waals surface area contributed by atoms with Crippen molar-refractivity contribution >= 4 is 46.3 Å². The van der Waals surface area contributed by atoms with Gasteiger partial charge in [0.15, 0.2) is 0 Å². The third-order valence-electron chi connectivity index (χ3n) is 4.69. The number of hydrogen-bond donors (Lipinski definition) is 1. The van der Waals surface area contributed by atoms with E-state index in [0.717, 1.165) is 0 Å². The highest BCUT2D eigenvalue weighted by atomic mass is 35.5. The van der Waals surface area contributed by atoms with E-state index in [1.165, 1.54) is 4.90 Å². The number of carbonyl (C=O) groups excluding carboxylic acids is 2. The Bertz CT molecular complexity index is 1110. The van der Waals surface area contributed by atoms with Gasteiger partial charge in [-0.05, 0) is 66.2 Å². The normalized spacial score (nSPS) is 18.3. The van der Waals surface area contributed by atoms with Crippen molar-refractivity contribution in [3.8, 4) is 0 Å². The Hall–Kier alpha value is -3.15. The minimum Gasteiger partial charge on any atom is -0.507 e. The number of halogens is 2. The van der Waals surface area contributed by atoms with Gasteiger partial charge in [-0.1, -0.05) is 23.2 Å².